The van der Waals surface area contributed by atoms with E-state index in [-0.39, 0.29) is 0 Å². The number of hydrogen-bond donors (Lipinski definition) is 0. The Balaban J connectivity index is 0.000000420. The lowest BCUT2D eigenvalue weighted by Crippen LogP contribution is -2.00. The molecule has 0 aliphatic heterocycles. The van der Waals surface area contributed by atoms with Gasteiger partial charge < -0.3 is 0 Å². The van der Waals surface area contributed by atoms with Crippen LogP contribution in [0.3, 0.4) is 0 Å². The number of aromatic nitrogens is 13. The lowest BCUT2D eigenvalue weighted by molar-refractivity contribution is 0.786. The summed E-state index contributed by atoms with van der Waals surface area (Å²) in [5.41, 5.74) is 17.2. The van der Waals surface area contributed by atoms with E-state index in [1.807, 2.05) is 74.0 Å². The van der Waals surface area contributed by atoms with Crippen LogP contribution in [-0.2, 0) is 0 Å². The highest BCUT2D eigenvalue weighted by Crippen LogP contribution is 2.18. The Morgan fingerprint density at radius 1 is 0.264 bits per heavy atom. The van der Waals surface area contributed by atoms with Crippen molar-refractivity contribution in [3.8, 4) is 0 Å². The maximum Gasteiger partial charge on any atom is 0.0644 e. The number of pyridine rings is 1. The average molecular weight is 980 g/mol. The molecule has 0 atom stereocenters. The molecule has 0 saturated carbocycles. The van der Waals surface area contributed by atoms with Crippen LogP contribution in [0.5, 0.6) is 0 Å². The molecule has 0 radical (unpaired) electrons. The molecule has 0 unspecified atom stereocenters. The Hall–Kier alpha value is -6.37. The lowest BCUT2D eigenvalue weighted by atomic mass is 10.0. The zero-order valence-corrected chi connectivity index (χ0v) is 48.4. The molecule has 0 aliphatic carbocycles. The second-order valence-electron chi connectivity index (χ2n) is 20.0. The van der Waals surface area contributed by atoms with Gasteiger partial charge in [-0.1, -0.05) is 103 Å². The van der Waals surface area contributed by atoms with Gasteiger partial charge in [0, 0.05) is 79.6 Å². The molecule has 0 aromatic carbocycles. The second kappa shape index (κ2) is 33.3. The summed E-state index contributed by atoms with van der Waals surface area (Å²) in [6, 6.07) is 4.24. The van der Waals surface area contributed by atoms with E-state index in [9.17, 15) is 0 Å². The Morgan fingerprint density at radius 3 is 1.17 bits per heavy atom. The fourth-order valence-corrected chi connectivity index (χ4v) is 6.30. The standard InChI is InChI=1S/C10H15N.2C9H14N2.3C8H12N2.C7H10N2/c1-7(2)10-6-5-8(3)11-9(10)4;1-6(2)9-5-10-7(3)8(4)11-9;1-6(2)9-8(4)10-5-7(3)11-9;1-6(2)8-5-9-7(3)4-10-8;1-6(2)8-5-9-4-7(3)10-8;1-6(2)8-7(3)9-4-5-10-8;1-6(2)7-5-8-3-4-9-7/h5-7H,1-4H3;2*5-6H,1-4H3;3*4-6H,1-3H3;3-6H,1-2H3. The Kier molecular flexibility index (Phi) is 29.4. The van der Waals surface area contributed by atoms with Gasteiger partial charge in [0.2, 0.25) is 0 Å². The van der Waals surface area contributed by atoms with Crippen LogP contribution in [0.1, 0.15) is 229 Å². The molecule has 7 aromatic heterocycles. The zero-order chi connectivity index (χ0) is 54.7. The quantitative estimate of drug-likeness (QED) is 0.148. The molecule has 72 heavy (non-hydrogen) atoms. The lowest BCUT2D eigenvalue weighted by Gasteiger charge is -2.08. The predicted octanol–water partition coefficient (Wildman–Crippen LogP) is 14.6. The van der Waals surface area contributed by atoms with E-state index in [1.54, 1.807) is 49.6 Å². The first kappa shape index (κ1) is 63.6. The van der Waals surface area contributed by atoms with Crippen LogP contribution in [0.2, 0.25) is 0 Å². The van der Waals surface area contributed by atoms with E-state index in [1.165, 1.54) is 11.3 Å². The summed E-state index contributed by atoms with van der Waals surface area (Å²) in [5.74, 6) is 3.46. The summed E-state index contributed by atoms with van der Waals surface area (Å²) >= 11 is 0. The molecule has 7 rings (SSSR count). The summed E-state index contributed by atoms with van der Waals surface area (Å²) in [6.07, 6.45) is 19.5. The minimum Gasteiger partial charge on any atom is -0.261 e. The summed E-state index contributed by atoms with van der Waals surface area (Å²) < 4.78 is 0. The largest absolute Gasteiger partial charge is 0.261 e. The molecule has 0 bridgehead atoms. The van der Waals surface area contributed by atoms with E-state index >= 15 is 0 Å². The fraction of sp³-hybridized carbons (Fsp3) is 0.508. The molecule has 0 N–H and O–H groups in total. The monoisotopic (exact) mass is 980 g/mol. The first-order valence-electron chi connectivity index (χ1n) is 25.4. The SMILES string of the molecule is CC(C)c1cnccn1.Cc1ccc(C(C)C)c(C)n1.Cc1cnc(C(C)C)cn1.Cc1cnc(C)c(C(C)C)n1.Cc1cncc(C(C)C)n1.Cc1ncc(C(C)C)nc1C.Cc1nccnc1C(C)C. The number of hydrogen-bond acceptors (Lipinski definition) is 13. The van der Waals surface area contributed by atoms with Gasteiger partial charge in [-0.05, 0) is 115 Å². The molecule has 7 heterocycles. The van der Waals surface area contributed by atoms with Crippen LogP contribution < -0.4 is 0 Å². The van der Waals surface area contributed by atoms with Crippen molar-refractivity contribution in [1.29, 1.82) is 0 Å². The number of nitrogens with zero attached hydrogens (tertiary/aromatic N) is 13. The summed E-state index contributed by atoms with van der Waals surface area (Å²) in [6.45, 7) is 47.7. The van der Waals surface area contributed by atoms with Crippen molar-refractivity contribution < 1.29 is 0 Å². The highest BCUT2D eigenvalue weighted by atomic mass is 14.8. The maximum absolute atomic E-state index is 4.41. The van der Waals surface area contributed by atoms with Gasteiger partial charge in [0.05, 0.1) is 74.0 Å². The van der Waals surface area contributed by atoms with Crippen molar-refractivity contribution in [2.24, 2.45) is 0 Å². The summed E-state index contributed by atoms with van der Waals surface area (Å²) in [5, 5.41) is 0. The van der Waals surface area contributed by atoms with Crippen molar-refractivity contribution >= 4 is 0 Å². The third kappa shape index (κ3) is 25.1. The van der Waals surface area contributed by atoms with Gasteiger partial charge in [-0.2, -0.15) is 0 Å². The predicted molar refractivity (Wildman–Crippen MR) is 298 cm³/mol. The topological polar surface area (TPSA) is 168 Å². The van der Waals surface area contributed by atoms with Gasteiger partial charge in [-0.25, -0.2) is 0 Å². The summed E-state index contributed by atoms with van der Waals surface area (Å²) in [4.78, 5) is 54.8. The fourth-order valence-electron chi connectivity index (χ4n) is 6.30. The van der Waals surface area contributed by atoms with E-state index in [2.05, 4.69) is 181 Å². The maximum atomic E-state index is 4.41. The molecule has 0 aliphatic rings. The first-order valence-corrected chi connectivity index (χ1v) is 25.4. The first-order chi connectivity index (χ1) is 33.7. The Bertz CT molecular complexity index is 2570. The highest BCUT2D eigenvalue weighted by molar-refractivity contribution is 5.24. The van der Waals surface area contributed by atoms with Crippen molar-refractivity contribution in [2.45, 2.75) is 201 Å². The molecular weight excluding hydrogens is 891 g/mol. The molecule has 7 aromatic rings. The van der Waals surface area contributed by atoms with E-state index in [4.69, 9.17) is 0 Å². The van der Waals surface area contributed by atoms with Crippen LogP contribution >= 0.6 is 0 Å². The second-order valence-corrected chi connectivity index (χ2v) is 20.0. The Morgan fingerprint density at radius 2 is 0.750 bits per heavy atom. The van der Waals surface area contributed by atoms with Gasteiger partial charge in [0.25, 0.3) is 0 Å². The molecule has 0 fully saturated rings. The minimum absolute atomic E-state index is 0.474. The number of aryl methyl sites for hydroxylation is 9. The normalized spacial score (nSPS) is 10.5. The van der Waals surface area contributed by atoms with Crippen molar-refractivity contribution in [1.82, 2.24) is 64.8 Å². The molecule has 0 amide bonds. The summed E-state index contributed by atoms with van der Waals surface area (Å²) in [7, 11) is 0. The number of rotatable bonds is 7. The van der Waals surface area contributed by atoms with Gasteiger partial charge in [-0.15, -0.1) is 0 Å². The molecule has 13 nitrogen and oxygen atoms in total. The van der Waals surface area contributed by atoms with Crippen molar-refractivity contribution in [2.75, 3.05) is 0 Å². The van der Waals surface area contributed by atoms with E-state index in [0.29, 0.717) is 41.4 Å². The third-order valence-electron chi connectivity index (χ3n) is 10.7. The third-order valence-corrected chi connectivity index (χ3v) is 10.7. The minimum atomic E-state index is 0.474. The van der Waals surface area contributed by atoms with E-state index in [0.717, 1.165) is 79.7 Å². The van der Waals surface area contributed by atoms with Gasteiger partial charge in [0.1, 0.15) is 0 Å². The molecule has 0 saturated heterocycles. The molecule has 390 valence electrons. The van der Waals surface area contributed by atoms with Gasteiger partial charge >= 0.3 is 0 Å². The van der Waals surface area contributed by atoms with Crippen LogP contribution in [0.4, 0.5) is 0 Å². The van der Waals surface area contributed by atoms with Gasteiger partial charge in [0.15, 0.2) is 0 Å². The Labute approximate surface area is 435 Å². The average Bonchev–Trinajstić information content (AvgIpc) is 3.32. The van der Waals surface area contributed by atoms with Crippen LogP contribution in [-0.4, -0.2) is 64.8 Å². The molecule has 13 heteroatoms. The van der Waals surface area contributed by atoms with Crippen LogP contribution in [0, 0.1) is 62.3 Å². The smallest absolute Gasteiger partial charge is 0.0644 e. The van der Waals surface area contributed by atoms with Crippen molar-refractivity contribution in [3.05, 3.63) is 171 Å². The highest BCUT2D eigenvalue weighted by Gasteiger charge is 2.07. The zero-order valence-electron chi connectivity index (χ0n) is 48.4. The molecule has 0 spiro atoms. The van der Waals surface area contributed by atoms with Crippen molar-refractivity contribution in [3.63, 3.8) is 0 Å². The van der Waals surface area contributed by atoms with Crippen LogP contribution in [0.15, 0.2) is 80.3 Å². The van der Waals surface area contributed by atoms with E-state index < -0.39 is 0 Å². The van der Waals surface area contributed by atoms with Crippen LogP contribution in [0.25, 0.3) is 0 Å². The molecular formula is C59H89N13. The van der Waals surface area contributed by atoms with Gasteiger partial charge in [-0.3, -0.25) is 64.8 Å².